The third-order valence-electron chi connectivity index (χ3n) is 2.40. The molecule has 15 heavy (non-hydrogen) atoms. The molecular weight excluding hydrogens is 260 g/mol. The van der Waals surface area contributed by atoms with Crippen LogP contribution in [0.5, 0.6) is 0 Å². The number of nitrogens with one attached hydrogen (secondary N) is 2. The number of hydrogen-bond donors (Lipinski definition) is 2. The van der Waals surface area contributed by atoms with Crippen LogP contribution in [-0.2, 0) is 4.74 Å². The minimum absolute atomic E-state index is 0.178. The fourth-order valence-electron chi connectivity index (χ4n) is 1.60. The lowest BCUT2D eigenvalue weighted by molar-refractivity contribution is 0.111. The molecule has 82 valence electrons. The number of ether oxygens (including phenoxy) is 1. The first-order valence-electron chi connectivity index (χ1n) is 4.77. The van der Waals surface area contributed by atoms with Gasteiger partial charge in [-0.25, -0.2) is 9.97 Å². The van der Waals surface area contributed by atoms with Crippen molar-refractivity contribution in [3.63, 3.8) is 0 Å². The number of nitrogens with zero attached hydrogens (tertiary/aromatic N) is 2. The van der Waals surface area contributed by atoms with Crippen molar-refractivity contribution in [1.82, 2.24) is 15.3 Å². The highest BCUT2D eigenvalue weighted by Crippen LogP contribution is 2.11. The fraction of sp³-hybridized carbons (Fsp3) is 0.556. The molecule has 0 spiro atoms. The van der Waals surface area contributed by atoms with E-state index in [0.717, 1.165) is 17.6 Å². The number of methoxy groups -OCH3 is 1. The molecule has 0 bridgehead atoms. The second kappa shape index (κ2) is 4.87. The maximum absolute atomic E-state index is 5.33. The Labute approximate surface area is 96.8 Å². The molecule has 0 saturated carbocycles. The van der Waals surface area contributed by atoms with Crippen LogP contribution in [0, 0.1) is 0 Å². The van der Waals surface area contributed by atoms with Gasteiger partial charge in [-0.05, 0) is 15.9 Å². The van der Waals surface area contributed by atoms with Gasteiger partial charge in [-0.3, -0.25) is 0 Å². The highest BCUT2D eigenvalue weighted by Gasteiger charge is 2.27. The van der Waals surface area contributed by atoms with Crippen molar-refractivity contribution in [2.75, 3.05) is 25.5 Å². The molecule has 5 nitrogen and oxygen atoms in total. The van der Waals surface area contributed by atoms with Crippen molar-refractivity contribution < 1.29 is 4.74 Å². The van der Waals surface area contributed by atoms with E-state index >= 15 is 0 Å². The van der Waals surface area contributed by atoms with Gasteiger partial charge >= 0.3 is 0 Å². The van der Waals surface area contributed by atoms with Crippen LogP contribution in [0.25, 0.3) is 0 Å². The molecule has 2 rings (SSSR count). The normalized spacial score (nSPS) is 25.5. The van der Waals surface area contributed by atoms with E-state index in [1.165, 1.54) is 0 Å². The first-order chi connectivity index (χ1) is 7.29. The number of halogens is 1. The van der Waals surface area contributed by atoms with E-state index in [9.17, 15) is 0 Å². The Balaban J connectivity index is 1.99. The highest BCUT2D eigenvalue weighted by atomic mass is 79.9. The molecule has 1 aliphatic heterocycles. The van der Waals surface area contributed by atoms with Crippen molar-refractivity contribution in [3.05, 3.63) is 16.9 Å². The van der Waals surface area contributed by atoms with Crippen LogP contribution in [-0.4, -0.2) is 42.3 Å². The molecule has 2 heterocycles. The van der Waals surface area contributed by atoms with Crippen LogP contribution in [0.2, 0.25) is 0 Å². The predicted molar refractivity (Wildman–Crippen MR) is 60.8 cm³/mol. The van der Waals surface area contributed by atoms with Gasteiger partial charge in [-0.15, -0.1) is 0 Å². The van der Waals surface area contributed by atoms with E-state index < -0.39 is 0 Å². The smallest absolute Gasteiger partial charge is 0.223 e. The second-order valence-corrected chi connectivity index (χ2v) is 4.32. The second-order valence-electron chi connectivity index (χ2n) is 3.41. The Hall–Kier alpha value is -0.720. The zero-order valence-electron chi connectivity index (χ0n) is 8.40. The van der Waals surface area contributed by atoms with Crippen molar-refractivity contribution in [2.24, 2.45) is 0 Å². The summed E-state index contributed by atoms with van der Waals surface area (Å²) in [6.07, 6.45) is 3.62. The molecule has 1 fully saturated rings. The summed E-state index contributed by atoms with van der Waals surface area (Å²) in [6.45, 7) is 1.74. The van der Waals surface area contributed by atoms with Crippen LogP contribution in [0.15, 0.2) is 16.9 Å². The average molecular weight is 273 g/mol. The molecule has 0 aliphatic carbocycles. The molecule has 2 atom stereocenters. The minimum atomic E-state index is 0.178. The highest BCUT2D eigenvalue weighted by molar-refractivity contribution is 9.10. The van der Waals surface area contributed by atoms with Gasteiger partial charge < -0.3 is 15.4 Å². The zero-order valence-corrected chi connectivity index (χ0v) is 9.99. The molecule has 1 aromatic heterocycles. The van der Waals surface area contributed by atoms with Crippen LogP contribution < -0.4 is 10.6 Å². The van der Waals surface area contributed by atoms with E-state index in [1.807, 2.05) is 0 Å². The van der Waals surface area contributed by atoms with Crippen molar-refractivity contribution >= 4 is 21.9 Å². The van der Waals surface area contributed by atoms with E-state index in [1.54, 1.807) is 19.5 Å². The lowest BCUT2D eigenvalue weighted by Gasteiger charge is -2.18. The van der Waals surface area contributed by atoms with Crippen LogP contribution in [0.3, 0.4) is 0 Å². The summed E-state index contributed by atoms with van der Waals surface area (Å²) in [6, 6.07) is 0.233. The zero-order chi connectivity index (χ0) is 10.7. The number of rotatable bonds is 3. The Kier molecular flexibility index (Phi) is 3.50. The van der Waals surface area contributed by atoms with E-state index in [2.05, 4.69) is 36.5 Å². The summed E-state index contributed by atoms with van der Waals surface area (Å²) in [5, 5.41) is 6.49. The van der Waals surface area contributed by atoms with Crippen molar-refractivity contribution in [1.29, 1.82) is 0 Å². The number of anilines is 1. The minimum Gasteiger partial charge on any atom is -0.378 e. The molecular formula is C9H13BrN4O. The molecule has 1 unspecified atom stereocenters. The summed E-state index contributed by atoms with van der Waals surface area (Å²) in [5.41, 5.74) is 0. The van der Waals surface area contributed by atoms with Gasteiger partial charge in [-0.1, -0.05) is 0 Å². The molecule has 1 aliphatic rings. The summed E-state index contributed by atoms with van der Waals surface area (Å²) in [4.78, 5) is 8.32. The van der Waals surface area contributed by atoms with Gasteiger partial charge in [-0.2, -0.15) is 0 Å². The SMILES string of the molecule is CO[C@H]1CNCC1Nc1ncc(Br)cn1. The van der Waals surface area contributed by atoms with Gasteiger partial charge in [0.1, 0.15) is 0 Å². The van der Waals surface area contributed by atoms with Gasteiger partial charge in [0.05, 0.1) is 16.6 Å². The topological polar surface area (TPSA) is 59.1 Å². The molecule has 1 saturated heterocycles. The molecule has 0 amide bonds. The fourth-order valence-corrected chi connectivity index (χ4v) is 1.80. The first-order valence-corrected chi connectivity index (χ1v) is 5.56. The van der Waals surface area contributed by atoms with Gasteiger partial charge in [0.15, 0.2) is 0 Å². The van der Waals surface area contributed by atoms with Crippen molar-refractivity contribution in [3.8, 4) is 0 Å². The summed E-state index contributed by atoms with van der Waals surface area (Å²) in [5.74, 6) is 0.633. The molecule has 0 aromatic carbocycles. The molecule has 1 aromatic rings. The summed E-state index contributed by atoms with van der Waals surface area (Å²) < 4.78 is 6.21. The maximum atomic E-state index is 5.33. The maximum Gasteiger partial charge on any atom is 0.223 e. The van der Waals surface area contributed by atoms with Crippen LogP contribution in [0.1, 0.15) is 0 Å². The Bertz CT molecular complexity index is 318. The quantitative estimate of drug-likeness (QED) is 0.846. The Morgan fingerprint density at radius 3 is 2.87 bits per heavy atom. The molecule has 2 N–H and O–H groups in total. The predicted octanol–water partition coefficient (Wildman–Crippen LogP) is 0.638. The Morgan fingerprint density at radius 2 is 2.20 bits per heavy atom. The van der Waals surface area contributed by atoms with Gasteiger partial charge in [0.2, 0.25) is 5.95 Å². The Morgan fingerprint density at radius 1 is 1.47 bits per heavy atom. The summed E-state index contributed by atoms with van der Waals surface area (Å²) in [7, 11) is 1.72. The molecule has 6 heteroatoms. The van der Waals surface area contributed by atoms with Gasteiger partial charge in [0, 0.05) is 32.6 Å². The average Bonchev–Trinajstić information content (AvgIpc) is 2.69. The van der Waals surface area contributed by atoms with E-state index in [4.69, 9.17) is 4.74 Å². The number of hydrogen-bond acceptors (Lipinski definition) is 5. The third kappa shape index (κ3) is 2.64. The van der Waals surface area contributed by atoms with E-state index in [-0.39, 0.29) is 12.1 Å². The lowest BCUT2D eigenvalue weighted by Crippen LogP contribution is -2.34. The largest absolute Gasteiger partial charge is 0.378 e. The molecule has 0 radical (unpaired) electrons. The number of aromatic nitrogens is 2. The third-order valence-corrected chi connectivity index (χ3v) is 2.81. The van der Waals surface area contributed by atoms with Crippen LogP contribution >= 0.6 is 15.9 Å². The van der Waals surface area contributed by atoms with Crippen LogP contribution in [0.4, 0.5) is 5.95 Å². The lowest BCUT2D eigenvalue weighted by atomic mass is 10.2. The first kappa shape index (κ1) is 10.8. The van der Waals surface area contributed by atoms with Gasteiger partial charge in [0.25, 0.3) is 0 Å². The van der Waals surface area contributed by atoms with E-state index in [0.29, 0.717) is 5.95 Å². The van der Waals surface area contributed by atoms with Crippen molar-refractivity contribution in [2.45, 2.75) is 12.1 Å². The standard InChI is InChI=1S/C9H13BrN4O/c1-15-8-5-11-4-7(8)14-9-12-2-6(10)3-13-9/h2-3,7-8,11H,4-5H2,1H3,(H,12,13,14)/t7?,8-/m0/s1. The summed E-state index contributed by atoms with van der Waals surface area (Å²) >= 11 is 3.29. The monoisotopic (exact) mass is 272 g/mol.